The molecule has 1 fully saturated rings. The number of nitrogen functional groups attached to an aromatic ring is 1. The zero-order valence-corrected chi connectivity index (χ0v) is 21.2. The number of H-pyrrole nitrogens is 1. The first-order valence-electron chi connectivity index (χ1n) is 10.1. The first-order valence-corrected chi connectivity index (χ1v) is 12.0. The second-order valence-corrected chi connectivity index (χ2v) is 10.2. The Labute approximate surface area is 215 Å². The molecular weight excluding hydrogens is 546 g/mol. The Kier molecular flexibility index (Phi) is 7.67. The fourth-order valence-corrected chi connectivity index (χ4v) is 5.58. The highest BCUT2D eigenvalue weighted by molar-refractivity contribution is 7.89. The van der Waals surface area contributed by atoms with Crippen molar-refractivity contribution in [2.75, 3.05) is 31.2 Å². The van der Waals surface area contributed by atoms with Crippen molar-refractivity contribution in [1.82, 2.24) is 25.2 Å². The van der Waals surface area contributed by atoms with E-state index in [0.29, 0.717) is 13.1 Å². The van der Waals surface area contributed by atoms with Crippen molar-refractivity contribution in [3.8, 4) is 16.9 Å². The molecule has 6 N–H and O–H groups in total. The summed E-state index contributed by atoms with van der Waals surface area (Å²) in [5.41, 5.74) is 3.12. The Morgan fingerprint density at radius 1 is 1.22 bits per heavy atom. The number of halogens is 5. The maximum Gasteiger partial charge on any atom is 0.417 e. The second kappa shape index (κ2) is 9.94. The van der Waals surface area contributed by atoms with Gasteiger partial charge in [-0.25, -0.2) is 18.2 Å². The Morgan fingerprint density at radius 3 is 2.44 bits per heavy atom. The van der Waals surface area contributed by atoms with Gasteiger partial charge in [0.2, 0.25) is 21.9 Å². The molecule has 1 aliphatic rings. The summed E-state index contributed by atoms with van der Waals surface area (Å²) in [4.78, 5) is 3.48. The van der Waals surface area contributed by atoms with Gasteiger partial charge < -0.3 is 21.1 Å². The number of anilines is 3. The number of nitrogens with zero attached hydrogens (tertiary/aromatic N) is 2. The van der Waals surface area contributed by atoms with Crippen LogP contribution in [0.4, 0.5) is 30.8 Å². The minimum absolute atomic E-state index is 0. The normalized spacial score (nSPS) is 15.1. The Hall–Kier alpha value is -2.78. The Balaban J connectivity index is 0.00000361. The van der Waals surface area contributed by atoms with Crippen LogP contribution in [0.25, 0.3) is 11.1 Å². The molecule has 2 heterocycles. The highest BCUT2D eigenvalue weighted by Gasteiger charge is 2.38. The summed E-state index contributed by atoms with van der Waals surface area (Å²) in [6.45, 7) is 2.52. The summed E-state index contributed by atoms with van der Waals surface area (Å²) < 4.78 is 76.2. The van der Waals surface area contributed by atoms with Crippen molar-refractivity contribution in [3.63, 3.8) is 0 Å². The van der Waals surface area contributed by atoms with Gasteiger partial charge in [-0.2, -0.15) is 18.2 Å². The van der Waals surface area contributed by atoms with Crippen molar-refractivity contribution in [2.45, 2.75) is 23.5 Å². The number of hydrogen-bond acceptors (Lipinski definition) is 8. The van der Waals surface area contributed by atoms with Crippen molar-refractivity contribution in [3.05, 3.63) is 40.9 Å². The Morgan fingerprint density at radius 2 is 1.92 bits per heavy atom. The fourth-order valence-electron chi connectivity index (χ4n) is 3.65. The Bertz CT molecular complexity index is 1380. The van der Waals surface area contributed by atoms with Crippen molar-refractivity contribution >= 4 is 51.6 Å². The van der Waals surface area contributed by atoms with Crippen molar-refractivity contribution in [2.24, 2.45) is 0 Å². The van der Waals surface area contributed by atoms with Crippen LogP contribution in [0.5, 0.6) is 5.75 Å². The molecule has 0 unspecified atom stereocenters. The molecule has 1 aliphatic heterocycles. The zero-order chi connectivity index (χ0) is 25.6. The second-order valence-electron chi connectivity index (χ2n) is 8.18. The number of rotatable bonds is 7. The molecule has 3 aromatic rings. The summed E-state index contributed by atoms with van der Waals surface area (Å²) >= 11 is 6.31. The van der Waals surface area contributed by atoms with E-state index in [1.807, 2.05) is 0 Å². The lowest BCUT2D eigenvalue weighted by molar-refractivity contribution is -0.137. The number of benzene rings is 2. The maximum absolute atomic E-state index is 14.1. The molecule has 10 nitrogen and oxygen atoms in total. The topological polar surface area (TPSA) is 147 Å². The molecule has 1 aromatic heterocycles. The van der Waals surface area contributed by atoms with Gasteiger partial charge in [-0.05, 0) is 36.8 Å². The quantitative estimate of drug-likeness (QED) is 0.291. The van der Waals surface area contributed by atoms with E-state index in [9.17, 15) is 21.6 Å². The monoisotopic (exact) mass is 567 g/mol. The van der Waals surface area contributed by atoms with Crippen LogP contribution in [0, 0.1) is 0 Å². The molecule has 0 saturated carbocycles. The van der Waals surface area contributed by atoms with Crippen molar-refractivity contribution in [1.29, 1.82) is 0 Å². The molecule has 16 heteroatoms. The average Bonchev–Trinajstić information content (AvgIpc) is 3.15. The third-order valence-corrected chi connectivity index (χ3v) is 7.27. The number of sulfonamides is 1. The lowest BCUT2D eigenvalue weighted by Gasteiger charge is -2.39. The van der Waals surface area contributed by atoms with E-state index in [1.165, 1.54) is 25.3 Å². The number of alkyl halides is 3. The van der Waals surface area contributed by atoms with Crippen molar-refractivity contribution < 1.29 is 26.3 Å². The molecule has 0 spiro atoms. The average molecular weight is 568 g/mol. The van der Waals surface area contributed by atoms with Crippen LogP contribution >= 0.6 is 24.0 Å². The van der Waals surface area contributed by atoms with E-state index in [-0.39, 0.29) is 51.2 Å². The lowest BCUT2D eigenvalue weighted by Crippen LogP contribution is -2.66. The fraction of sp³-hybridized carbons (Fsp3) is 0.300. The summed E-state index contributed by atoms with van der Waals surface area (Å²) in [5.74, 6) is -0.108. The van der Waals surface area contributed by atoms with E-state index in [0.717, 1.165) is 12.1 Å². The minimum atomic E-state index is -4.82. The first-order chi connectivity index (χ1) is 16.3. The molecule has 4 rings (SSSR count). The number of methoxy groups -OCH3 is 1. The van der Waals surface area contributed by atoms with Gasteiger partial charge in [-0.1, -0.05) is 17.7 Å². The summed E-state index contributed by atoms with van der Waals surface area (Å²) in [7, 11) is -2.87. The highest BCUT2D eigenvalue weighted by Crippen LogP contribution is 2.44. The number of aromatic nitrogens is 3. The van der Waals surface area contributed by atoms with E-state index < -0.39 is 32.9 Å². The van der Waals surface area contributed by atoms with Crippen LogP contribution in [0.2, 0.25) is 5.02 Å². The molecular formula is C20H22Cl2F3N7O3S. The molecule has 2 aromatic carbocycles. The summed E-state index contributed by atoms with van der Waals surface area (Å²) in [5, 5.41) is 11.4. The van der Waals surface area contributed by atoms with E-state index >= 15 is 0 Å². The SMILES string of the molecule is COc1ccc(-c2c(Cl)cc(Nc3n[nH]c(N)n3)cc2C(F)(F)F)cc1S(=O)(=O)NC1(C)CNC1.Cl. The van der Waals surface area contributed by atoms with Gasteiger partial charge in [0.25, 0.3) is 0 Å². The number of ether oxygens (including phenoxy) is 1. The molecule has 0 radical (unpaired) electrons. The zero-order valence-electron chi connectivity index (χ0n) is 18.8. The van der Waals surface area contributed by atoms with Gasteiger partial charge in [0.05, 0.1) is 23.2 Å². The maximum atomic E-state index is 14.1. The first kappa shape index (κ1) is 27.8. The van der Waals surface area contributed by atoms with Crippen LogP contribution in [0.1, 0.15) is 12.5 Å². The molecule has 1 saturated heterocycles. The number of nitrogens with one attached hydrogen (secondary N) is 4. The molecule has 36 heavy (non-hydrogen) atoms. The lowest BCUT2D eigenvalue weighted by atomic mass is 9.97. The summed E-state index contributed by atoms with van der Waals surface area (Å²) in [6, 6.07) is 5.77. The largest absolute Gasteiger partial charge is 0.495 e. The smallest absolute Gasteiger partial charge is 0.417 e. The van der Waals surface area contributed by atoms with Gasteiger partial charge in [0.15, 0.2) is 0 Å². The van der Waals surface area contributed by atoms with Crippen LogP contribution in [0.15, 0.2) is 35.2 Å². The predicted molar refractivity (Wildman–Crippen MR) is 131 cm³/mol. The van der Waals surface area contributed by atoms with Gasteiger partial charge in [0, 0.05) is 24.3 Å². The van der Waals surface area contributed by atoms with Gasteiger partial charge in [-0.3, -0.25) is 0 Å². The highest BCUT2D eigenvalue weighted by atomic mass is 35.5. The third kappa shape index (κ3) is 5.62. The molecule has 0 amide bonds. The van der Waals surface area contributed by atoms with Crippen LogP contribution in [0.3, 0.4) is 0 Å². The van der Waals surface area contributed by atoms with Crippen LogP contribution in [-0.4, -0.2) is 49.3 Å². The number of hydrogen-bond donors (Lipinski definition) is 5. The van der Waals surface area contributed by atoms with Gasteiger partial charge in [-0.15, -0.1) is 17.5 Å². The summed E-state index contributed by atoms with van der Waals surface area (Å²) in [6.07, 6.45) is -4.82. The predicted octanol–water partition coefficient (Wildman–Crippen LogP) is 3.54. The third-order valence-electron chi connectivity index (χ3n) is 5.31. The number of nitrogens with two attached hydrogens (primary N) is 1. The molecule has 0 atom stereocenters. The van der Waals surface area contributed by atoms with Gasteiger partial charge in [0.1, 0.15) is 10.6 Å². The van der Waals surface area contributed by atoms with E-state index in [4.69, 9.17) is 22.1 Å². The molecule has 0 aliphatic carbocycles. The van der Waals surface area contributed by atoms with E-state index in [1.54, 1.807) is 6.92 Å². The van der Waals surface area contributed by atoms with Gasteiger partial charge >= 0.3 is 6.18 Å². The standard InChI is InChI=1S/C20H21ClF3N7O3S.ClH/c1-19(8-26-9-19)31-35(32,33)15-5-10(3-4-14(15)34-2)16-12(20(22,23)24)6-11(7-13(16)21)27-18-28-17(25)29-30-18;/h3-7,26,31H,8-9H2,1-2H3,(H4,25,27,28,29,30);1H. The molecule has 196 valence electrons. The van der Waals surface area contributed by atoms with Crippen LogP contribution < -0.4 is 25.8 Å². The number of aromatic amines is 1. The van der Waals surface area contributed by atoms with Crippen LogP contribution in [-0.2, 0) is 16.2 Å². The van der Waals surface area contributed by atoms with E-state index in [2.05, 4.69) is 30.5 Å². The molecule has 0 bridgehead atoms. The minimum Gasteiger partial charge on any atom is -0.495 e.